The Morgan fingerprint density at radius 2 is 2.14 bits per heavy atom. The van der Waals surface area contributed by atoms with Gasteiger partial charge in [0.25, 0.3) is 0 Å². The highest BCUT2D eigenvalue weighted by Gasteiger charge is 2.42. The Labute approximate surface area is 85.1 Å². The number of aldehydes is 1. The molecular weight excluding hydrogens is 178 g/mol. The van der Waals surface area contributed by atoms with Crippen molar-refractivity contribution in [3.8, 4) is 0 Å². The van der Waals surface area contributed by atoms with Crippen LogP contribution >= 0.6 is 0 Å². The predicted octanol–water partition coefficient (Wildman–Crippen LogP) is -0.166. The second-order valence-corrected chi connectivity index (χ2v) is 3.51. The van der Waals surface area contributed by atoms with Gasteiger partial charge in [0.05, 0.1) is 0 Å². The highest BCUT2D eigenvalue weighted by Crippen LogP contribution is 2.33. The van der Waals surface area contributed by atoms with E-state index in [2.05, 4.69) is 22.0 Å². The van der Waals surface area contributed by atoms with Crippen molar-refractivity contribution in [3.05, 3.63) is 11.8 Å². The molecule has 1 aliphatic rings. The average molecular weight is 197 g/mol. The third-order valence-corrected chi connectivity index (χ3v) is 3.08. The first kappa shape index (κ1) is 11.2. The summed E-state index contributed by atoms with van der Waals surface area (Å²) in [6, 6.07) is 0. The minimum Gasteiger partial charge on any atom is -0.389 e. The van der Waals surface area contributed by atoms with Crippen LogP contribution in [0.3, 0.4) is 0 Å². The van der Waals surface area contributed by atoms with Gasteiger partial charge < -0.3 is 10.1 Å². The first-order chi connectivity index (χ1) is 6.75. The third-order valence-electron chi connectivity index (χ3n) is 3.08. The summed E-state index contributed by atoms with van der Waals surface area (Å²) < 4.78 is 0. The van der Waals surface area contributed by atoms with Crippen LogP contribution in [0.5, 0.6) is 0 Å². The summed E-state index contributed by atoms with van der Waals surface area (Å²) in [4.78, 5) is 10.6. The molecule has 0 heterocycles. The number of carbonyl (C=O) groups is 1. The lowest BCUT2D eigenvalue weighted by Gasteiger charge is -2.37. The van der Waals surface area contributed by atoms with E-state index in [4.69, 9.17) is 0 Å². The molecule has 0 aliphatic heterocycles. The minimum absolute atomic E-state index is 0.268. The molecule has 0 saturated carbocycles. The van der Waals surface area contributed by atoms with E-state index in [1.54, 1.807) is 0 Å². The molecule has 4 nitrogen and oxygen atoms in total. The van der Waals surface area contributed by atoms with Gasteiger partial charge in [0.15, 0.2) is 0 Å². The smallest absolute Gasteiger partial charge is 0.120 e. The van der Waals surface area contributed by atoms with E-state index in [1.165, 1.54) is 0 Å². The molecule has 3 N–H and O–H groups in total. The van der Waals surface area contributed by atoms with Crippen molar-refractivity contribution in [3.63, 3.8) is 0 Å². The second-order valence-electron chi connectivity index (χ2n) is 3.51. The van der Waals surface area contributed by atoms with Crippen molar-refractivity contribution in [1.82, 2.24) is 16.0 Å². The lowest BCUT2D eigenvalue weighted by Crippen LogP contribution is -2.60. The topological polar surface area (TPSA) is 53.2 Å². The molecule has 0 unspecified atom stereocenters. The first-order valence-corrected chi connectivity index (χ1v) is 4.95. The molecule has 1 atom stereocenters. The minimum atomic E-state index is -0.268. The number of carbonyl (C=O) groups excluding carboxylic acids is 1. The molecule has 0 saturated heterocycles. The molecule has 0 aromatic rings. The summed E-state index contributed by atoms with van der Waals surface area (Å²) in [6.07, 6.45) is 4.63. The van der Waals surface area contributed by atoms with Crippen LogP contribution < -0.4 is 16.0 Å². The van der Waals surface area contributed by atoms with Crippen molar-refractivity contribution < 1.29 is 4.79 Å². The predicted molar refractivity (Wildman–Crippen MR) is 56.8 cm³/mol. The van der Waals surface area contributed by atoms with E-state index in [9.17, 15) is 4.79 Å². The van der Waals surface area contributed by atoms with Gasteiger partial charge in [0.1, 0.15) is 11.9 Å². The maximum atomic E-state index is 10.6. The molecule has 0 spiro atoms. The molecule has 4 heteroatoms. The normalized spacial score (nSPS) is 24.5. The zero-order chi connectivity index (χ0) is 10.6. The number of hydrogen-bond donors (Lipinski definition) is 3. The van der Waals surface area contributed by atoms with Gasteiger partial charge >= 0.3 is 0 Å². The quantitative estimate of drug-likeness (QED) is 0.423. The zero-order valence-corrected chi connectivity index (χ0v) is 9.05. The lowest BCUT2D eigenvalue weighted by atomic mass is 9.91. The van der Waals surface area contributed by atoms with Gasteiger partial charge in [-0.2, -0.15) is 0 Å². The molecule has 0 amide bonds. The Bertz CT molecular complexity index is 234. The summed E-state index contributed by atoms with van der Waals surface area (Å²) in [5.41, 5.74) is 0.852. The summed E-state index contributed by atoms with van der Waals surface area (Å²) in [6.45, 7) is 0. The molecule has 0 aromatic carbocycles. The van der Waals surface area contributed by atoms with Crippen LogP contribution in [0.25, 0.3) is 0 Å². The Kier molecular flexibility index (Phi) is 3.66. The van der Waals surface area contributed by atoms with Gasteiger partial charge in [0, 0.05) is 25.1 Å². The number of rotatable bonds is 5. The third kappa shape index (κ3) is 1.55. The van der Waals surface area contributed by atoms with Crippen molar-refractivity contribution in [2.24, 2.45) is 5.92 Å². The van der Waals surface area contributed by atoms with Crippen LogP contribution in [-0.4, -0.2) is 33.1 Å². The molecule has 14 heavy (non-hydrogen) atoms. The van der Waals surface area contributed by atoms with Crippen LogP contribution in [0.2, 0.25) is 0 Å². The van der Waals surface area contributed by atoms with E-state index in [0.29, 0.717) is 6.42 Å². The van der Waals surface area contributed by atoms with Crippen molar-refractivity contribution in [2.45, 2.75) is 18.5 Å². The second kappa shape index (κ2) is 4.57. The first-order valence-electron chi connectivity index (χ1n) is 4.95. The van der Waals surface area contributed by atoms with Crippen LogP contribution in [0.1, 0.15) is 12.8 Å². The molecule has 80 valence electrons. The molecule has 0 aromatic heterocycles. The Hall–Kier alpha value is -0.870. The van der Waals surface area contributed by atoms with E-state index in [0.717, 1.165) is 18.4 Å². The van der Waals surface area contributed by atoms with Crippen LogP contribution in [0.15, 0.2) is 11.8 Å². The van der Waals surface area contributed by atoms with Gasteiger partial charge in [-0.15, -0.1) is 0 Å². The molecule has 1 rings (SSSR count). The van der Waals surface area contributed by atoms with E-state index in [-0.39, 0.29) is 11.6 Å². The molecule has 1 aliphatic carbocycles. The van der Waals surface area contributed by atoms with Gasteiger partial charge in [-0.1, -0.05) is 6.08 Å². The van der Waals surface area contributed by atoms with Crippen molar-refractivity contribution in [2.75, 3.05) is 21.1 Å². The van der Waals surface area contributed by atoms with Crippen LogP contribution in [0.4, 0.5) is 0 Å². The van der Waals surface area contributed by atoms with E-state index < -0.39 is 0 Å². The SMILES string of the molecule is CNC1=CC[C@@H](CC=O)C1(NC)NC. The summed E-state index contributed by atoms with van der Waals surface area (Å²) >= 11 is 0. The van der Waals surface area contributed by atoms with E-state index in [1.807, 2.05) is 21.1 Å². The fraction of sp³-hybridized carbons (Fsp3) is 0.700. The van der Waals surface area contributed by atoms with E-state index >= 15 is 0 Å². The van der Waals surface area contributed by atoms with Gasteiger partial charge in [-0.05, 0) is 20.5 Å². The summed E-state index contributed by atoms with van der Waals surface area (Å²) in [7, 11) is 5.72. The Morgan fingerprint density at radius 1 is 1.50 bits per heavy atom. The highest BCUT2D eigenvalue weighted by atomic mass is 16.1. The fourth-order valence-electron chi connectivity index (χ4n) is 2.31. The number of likely N-dealkylation sites (N-methyl/N-ethyl adjacent to an activating group) is 3. The largest absolute Gasteiger partial charge is 0.389 e. The molecule has 0 radical (unpaired) electrons. The summed E-state index contributed by atoms with van der Waals surface area (Å²) in [5.74, 6) is 0.289. The Morgan fingerprint density at radius 3 is 2.57 bits per heavy atom. The summed E-state index contributed by atoms with van der Waals surface area (Å²) in [5, 5.41) is 9.69. The fourth-order valence-corrected chi connectivity index (χ4v) is 2.31. The molecule has 0 bridgehead atoms. The maximum Gasteiger partial charge on any atom is 0.120 e. The van der Waals surface area contributed by atoms with Crippen molar-refractivity contribution >= 4 is 6.29 Å². The highest BCUT2D eigenvalue weighted by molar-refractivity contribution is 5.51. The number of nitrogens with one attached hydrogen (secondary N) is 3. The number of hydrogen-bond acceptors (Lipinski definition) is 4. The lowest BCUT2D eigenvalue weighted by molar-refractivity contribution is -0.109. The monoisotopic (exact) mass is 197 g/mol. The molecular formula is C10H19N3O. The number of allylic oxidation sites excluding steroid dienone is 1. The Balaban J connectivity index is 2.89. The van der Waals surface area contributed by atoms with Gasteiger partial charge in [-0.25, -0.2) is 0 Å². The van der Waals surface area contributed by atoms with Crippen molar-refractivity contribution in [1.29, 1.82) is 0 Å². The zero-order valence-electron chi connectivity index (χ0n) is 9.05. The maximum absolute atomic E-state index is 10.6. The standard InChI is InChI=1S/C10H19N3O/c1-11-9-5-4-8(6-7-14)10(9,12-2)13-3/h5,7-8,11-13H,4,6H2,1-3H3/t8-/m0/s1. The molecule has 0 fully saturated rings. The average Bonchev–Trinajstić information content (AvgIpc) is 2.57. The van der Waals surface area contributed by atoms with Crippen LogP contribution in [-0.2, 0) is 4.79 Å². The van der Waals surface area contributed by atoms with Gasteiger partial charge in [0.2, 0.25) is 0 Å². The van der Waals surface area contributed by atoms with Crippen LogP contribution in [0, 0.1) is 5.92 Å². The van der Waals surface area contributed by atoms with Gasteiger partial charge in [-0.3, -0.25) is 10.6 Å².